The highest BCUT2D eigenvalue weighted by Crippen LogP contribution is 2.20. The lowest BCUT2D eigenvalue weighted by atomic mass is 10.1. The second-order valence-electron chi connectivity index (χ2n) is 6.20. The number of hydrogen-bond donors (Lipinski definition) is 0. The Morgan fingerprint density at radius 2 is 2.08 bits per heavy atom. The van der Waals surface area contributed by atoms with Gasteiger partial charge in [0.25, 0.3) is 5.91 Å². The van der Waals surface area contributed by atoms with Crippen molar-refractivity contribution in [2.75, 3.05) is 26.8 Å². The standard InChI is InChI=1S/C19H23N3O4/c1-14-8-9-18(21-20-14)26-17-7-4-10-22(12-17)19(23)13-25-16-6-3-5-15(11-16)24-2/h3,5-6,8-9,11,17H,4,7,10,12-13H2,1-2H3. The molecule has 138 valence electrons. The minimum absolute atomic E-state index is 0.00970. The van der Waals surface area contributed by atoms with Crippen molar-refractivity contribution in [2.24, 2.45) is 0 Å². The monoisotopic (exact) mass is 357 g/mol. The van der Waals surface area contributed by atoms with Crippen LogP contribution in [0.4, 0.5) is 0 Å². The molecule has 1 fully saturated rings. The van der Waals surface area contributed by atoms with Crippen LogP contribution in [0.15, 0.2) is 36.4 Å². The molecule has 0 saturated carbocycles. The summed E-state index contributed by atoms with van der Waals surface area (Å²) < 4.78 is 16.6. The minimum Gasteiger partial charge on any atom is -0.497 e. The highest BCUT2D eigenvalue weighted by Gasteiger charge is 2.25. The number of benzene rings is 1. The van der Waals surface area contributed by atoms with E-state index >= 15 is 0 Å². The first-order chi connectivity index (χ1) is 12.6. The largest absolute Gasteiger partial charge is 0.497 e. The van der Waals surface area contributed by atoms with Crippen molar-refractivity contribution < 1.29 is 19.0 Å². The first-order valence-electron chi connectivity index (χ1n) is 8.65. The van der Waals surface area contributed by atoms with E-state index in [0.717, 1.165) is 18.5 Å². The van der Waals surface area contributed by atoms with Crippen LogP contribution < -0.4 is 14.2 Å². The molecule has 7 nitrogen and oxygen atoms in total. The Kier molecular flexibility index (Phi) is 5.88. The second-order valence-corrected chi connectivity index (χ2v) is 6.20. The zero-order valence-corrected chi connectivity index (χ0v) is 15.1. The summed E-state index contributed by atoms with van der Waals surface area (Å²) in [5.41, 5.74) is 0.840. The molecule has 2 heterocycles. The van der Waals surface area contributed by atoms with E-state index in [0.29, 0.717) is 30.5 Å². The zero-order chi connectivity index (χ0) is 18.4. The quantitative estimate of drug-likeness (QED) is 0.789. The number of likely N-dealkylation sites (tertiary alicyclic amines) is 1. The van der Waals surface area contributed by atoms with Gasteiger partial charge in [-0.15, -0.1) is 5.10 Å². The normalized spacial score (nSPS) is 16.8. The molecular weight excluding hydrogens is 334 g/mol. The summed E-state index contributed by atoms with van der Waals surface area (Å²) in [4.78, 5) is 14.2. The number of hydrogen-bond acceptors (Lipinski definition) is 6. The Hall–Kier alpha value is -2.83. The predicted molar refractivity (Wildman–Crippen MR) is 95.5 cm³/mol. The molecule has 7 heteroatoms. The highest BCUT2D eigenvalue weighted by molar-refractivity contribution is 5.78. The summed E-state index contributed by atoms with van der Waals surface area (Å²) in [7, 11) is 1.59. The average Bonchev–Trinajstić information content (AvgIpc) is 2.68. The number of aromatic nitrogens is 2. The third-order valence-corrected chi connectivity index (χ3v) is 4.20. The summed E-state index contributed by atoms with van der Waals surface area (Å²) in [6, 6.07) is 10.9. The molecule has 1 aliphatic heterocycles. The molecule has 2 aromatic rings. The number of ether oxygens (including phenoxy) is 3. The third kappa shape index (κ3) is 4.84. The smallest absolute Gasteiger partial charge is 0.260 e. The van der Waals surface area contributed by atoms with Gasteiger partial charge in [0.15, 0.2) is 6.61 Å². The number of methoxy groups -OCH3 is 1. The van der Waals surface area contributed by atoms with Gasteiger partial charge in [-0.25, -0.2) is 0 Å². The molecule has 0 N–H and O–H groups in total. The molecule has 26 heavy (non-hydrogen) atoms. The van der Waals surface area contributed by atoms with Crippen LogP contribution in [0.25, 0.3) is 0 Å². The van der Waals surface area contributed by atoms with Crippen molar-refractivity contribution in [1.82, 2.24) is 15.1 Å². The predicted octanol–water partition coefficient (Wildman–Crippen LogP) is 2.24. The molecule has 1 atom stereocenters. The fourth-order valence-electron chi connectivity index (χ4n) is 2.81. The van der Waals surface area contributed by atoms with Gasteiger partial charge in [0.2, 0.25) is 5.88 Å². The van der Waals surface area contributed by atoms with Crippen molar-refractivity contribution in [3.63, 3.8) is 0 Å². The van der Waals surface area contributed by atoms with Gasteiger partial charge < -0.3 is 19.1 Å². The van der Waals surface area contributed by atoms with Crippen LogP contribution in [-0.4, -0.2) is 53.9 Å². The van der Waals surface area contributed by atoms with Gasteiger partial charge in [-0.3, -0.25) is 4.79 Å². The Balaban J connectivity index is 1.51. The molecule has 1 aromatic carbocycles. The summed E-state index contributed by atoms with van der Waals surface area (Å²) in [6.45, 7) is 3.10. The van der Waals surface area contributed by atoms with E-state index in [1.165, 1.54) is 0 Å². The minimum atomic E-state index is -0.0819. The average molecular weight is 357 g/mol. The van der Waals surface area contributed by atoms with Crippen LogP contribution in [0, 0.1) is 6.92 Å². The lowest BCUT2D eigenvalue weighted by molar-refractivity contribution is -0.136. The topological polar surface area (TPSA) is 73.8 Å². The van der Waals surface area contributed by atoms with Crippen LogP contribution in [0.5, 0.6) is 17.4 Å². The molecule has 1 saturated heterocycles. The van der Waals surface area contributed by atoms with E-state index in [1.54, 1.807) is 30.2 Å². The first kappa shape index (κ1) is 18.0. The number of amides is 1. The zero-order valence-electron chi connectivity index (χ0n) is 15.1. The summed E-state index contributed by atoms with van der Waals surface area (Å²) in [5, 5.41) is 8.01. The van der Waals surface area contributed by atoms with Crippen molar-refractivity contribution in [3.8, 4) is 17.4 Å². The van der Waals surface area contributed by atoms with Crippen LogP contribution >= 0.6 is 0 Å². The van der Waals surface area contributed by atoms with Gasteiger partial charge in [-0.1, -0.05) is 6.07 Å². The fraction of sp³-hybridized carbons (Fsp3) is 0.421. The van der Waals surface area contributed by atoms with E-state index < -0.39 is 0 Å². The van der Waals surface area contributed by atoms with Crippen molar-refractivity contribution in [1.29, 1.82) is 0 Å². The maximum atomic E-state index is 12.5. The van der Waals surface area contributed by atoms with Crippen molar-refractivity contribution >= 4 is 5.91 Å². The Labute approximate surface area is 152 Å². The highest BCUT2D eigenvalue weighted by atomic mass is 16.5. The van der Waals surface area contributed by atoms with E-state index in [1.807, 2.05) is 25.1 Å². The van der Waals surface area contributed by atoms with Gasteiger partial charge in [-0.2, -0.15) is 5.10 Å². The Morgan fingerprint density at radius 1 is 1.23 bits per heavy atom. The SMILES string of the molecule is COc1cccc(OCC(=O)N2CCCC(Oc3ccc(C)nn3)C2)c1. The molecule has 0 radical (unpaired) electrons. The number of aryl methyl sites for hydroxylation is 1. The van der Waals surface area contributed by atoms with Gasteiger partial charge in [0.1, 0.15) is 17.6 Å². The summed E-state index contributed by atoms with van der Waals surface area (Å²) in [6.07, 6.45) is 1.69. The molecule has 1 aliphatic rings. The van der Waals surface area contributed by atoms with Gasteiger partial charge in [-0.05, 0) is 38.0 Å². The number of rotatable bonds is 6. The van der Waals surface area contributed by atoms with E-state index in [2.05, 4.69) is 10.2 Å². The Bertz CT molecular complexity index is 736. The molecule has 1 aromatic heterocycles. The maximum absolute atomic E-state index is 12.5. The number of carbonyl (C=O) groups is 1. The second kappa shape index (κ2) is 8.51. The lowest BCUT2D eigenvalue weighted by Crippen LogP contribution is -2.46. The summed E-state index contributed by atoms with van der Waals surface area (Å²) in [5.74, 6) is 1.73. The Morgan fingerprint density at radius 3 is 2.85 bits per heavy atom. The molecule has 0 spiro atoms. The van der Waals surface area contributed by atoms with E-state index in [4.69, 9.17) is 14.2 Å². The van der Waals surface area contributed by atoms with E-state index in [9.17, 15) is 4.79 Å². The van der Waals surface area contributed by atoms with Crippen molar-refractivity contribution in [2.45, 2.75) is 25.9 Å². The molecule has 3 rings (SSSR count). The molecule has 0 aliphatic carbocycles. The lowest BCUT2D eigenvalue weighted by Gasteiger charge is -2.32. The molecule has 1 amide bonds. The van der Waals surface area contributed by atoms with Crippen LogP contribution in [-0.2, 0) is 4.79 Å². The van der Waals surface area contributed by atoms with Crippen LogP contribution in [0.1, 0.15) is 18.5 Å². The van der Waals surface area contributed by atoms with Gasteiger partial charge in [0.05, 0.1) is 19.3 Å². The number of carbonyl (C=O) groups excluding carboxylic acids is 1. The van der Waals surface area contributed by atoms with Crippen LogP contribution in [0.2, 0.25) is 0 Å². The van der Waals surface area contributed by atoms with Gasteiger partial charge in [0, 0.05) is 18.7 Å². The van der Waals surface area contributed by atoms with Gasteiger partial charge >= 0.3 is 0 Å². The molecule has 1 unspecified atom stereocenters. The molecule has 0 bridgehead atoms. The summed E-state index contributed by atoms with van der Waals surface area (Å²) >= 11 is 0. The first-order valence-corrected chi connectivity index (χ1v) is 8.65. The number of nitrogens with zero attached hydrogens (tertiary/aromatic N) is 3. The fourth-order valence-corrected chi connectivity index (χ4v) is 2.81. The number of piperidine rings is 1. The van der Waals surface area contributed by atoms with E-state index in [-0.39, 0.29) is 18.6 Å². The molecular formula is C19H23N3O4. The van der Waals surface area contributed by atoms with Crippen molar-refractivity contribution in [3.05, 3.63) is 42.1 Å². The third-order valence-electron chi connectivity index (χ3n) is 4.20. The van der Waals surface area contributed by atoms with Crippen LogP contribution in [0.3, 0.4) is 0 Å². The maximum Gasteiger partial charge on any atom is 0.260 e.